The van der Waals surface area contributed by atoms with Gasteiger partial charge in [0.15, 0.2) is 5.96 Å². The maximum Gasteiger partial charge on any atom is 0.251 e. The van der Waals surface area contributed by atoms with E-state index in [0.29, 0.717) is 18.7 Å². The van der Waals surface area contributed by atoms with Gasteiger partial charge in [-0.05, 0) is 50.5 Å². The van der Waals surface area contributed by atoms with E-state index in [1.54, 1.807) is 7.05 Å². The molecule has 182 valence electrons. The highest BCUT2D eigenvalue weighted by Gasteiger charge is 2.12. The van der Waals surface area contributed by atoms with Crippen molar-refractivity contribution in [3.8, 4) is 0 Å². The van der Waals surface area contributed by atoms with Crippen LogP contribution < -0.4 is 16.0 Å². The lowest BCUT2D eigenvalue weighted by Crippen LogP contribution is -2.38. The molecule has 0 saturated carbocycles. The molecule has 0 fully saturated rings. The molecule has 0 unspecified atom stereocenters. The second-order valence-corrected chi connectivity index (χ2v) is 7.94. The number of halogens is 1. The summed E-state index contributed by atoms with van der Waals surface area (Å²) in [5, 5.41) is 14.1. The molecule has 0 aliphatic heterocycles. The van der Waals surface area contributed by atoms with E-state index in [1.165, 1.54) is 5.56 Å². The highest BCUT2D eigenvalue weighted by Crippen LogP contribution is 2.16. The largest absolute Gasteiger partial charge is 0.357 e. The summed E-state index contributed by atoms with van der Waals surface area (Å²) in [4.78, 5) is 16.6. The Balaban J connectivity index is 0.00000408. The number of nitrogens with zero attached hydrogens (tertiary/aromatic N) is 3. The number of carbonyl (C=O) groups is 1. The van der Waals surface area contributed by atoms with Crippen LogP contribution in [0.5, 0.6) is 0 Å². The first kappa shape index (κ1) is 27.4. The van der Waals surface area contributed by atoms with Crippen molar-refractivity contribution in [1.29, 1.82) is 0 Å². The zero-order chi connectivity index (χ0) is 23.6. The van der Waals surface area contributed by atoms with Crippen LogP contribution in [0.15, 0.2) is 59.6 Å². The van der Waals surface area contributed by atoms with E-state index in [-0.39, 0.29) is 29.9 Å². The number of benzene rings is 2. The fraction of sp³-hybridized carbons (Fsp3) is 0.346. The Hall–Kier alpha value is -2.88. The van der Waals surface area contributed by atoms with Crippen LogP contribution in [-0.2, 0) is 19.5 Å². The summed E-state index contributed by atoms with van der Waals surface area (Å²) in [7, 11) is 1.64. The van der Waals surface area contributed by atoms with Crippen LogP contribution in [0.1, 0.15) is 45.4 Å². The molecule has 0 aliphatic carbocycles. The third-order valence-electron chi connectivity index (χ3n) is 5.57. The summed E-state index contributed by atoms with van der Waals surface area (Å²) in [6.07, 6.45) is 0.794. The second kappa shape index (κ2) is 13.7. The van der Waals surface area contributed by atoms with Gasteiger partial charge in [0.05, 0.1) is 18.8 Å². The van der Waals surface area contributed by atoms with Gasteiger partial charge in [-0.1, -0.05) is 42.5 Å². The zero-order valence-electron chi connectivity index (χ0n) is 20.4. The van der Waals surface area contributed by atoms with E-state index in [2.05, 4.69) is 58.7 Å². The van der Waals surface area contributed by atoms with Crippen molar-refractivity contribution < 1.29 is 4.79 Å². The SMILES string of the molecule is CCNC(=NCc1c(C)nn(Cc2ccccc2)c1C)NCCc1cccc(C(=O)NC)c1.I. The van der Waals surface area contributed by atoms with Gasteiger partial charge in [-0.2, -0.15) is 5.10 Å². The molecule has 0 bridgehead atoms. The Kier molecular flexibility index (Phi) is 11.1. The highest BCUT2D eigenvalue weighted by atomic mass is 127. The number of hydrogen-bond acceptors (Lipinski definition) is 3. The minimum Gasteiger partial charge on any atom is -0.357 e. The Labute approximate surface area is 219 Å². The molecule has 3 rings (SSSR count). The molecule has 0 atom stereocenters. The standard InChI is InChI=1S/C26H34N6O.HI/c1-5-28-26(29-15-14-21-12-9-13-23(16-21)25(33)27-4)30-17-24-19(2)31-32(20(24)3)18-22-10-7-6-8-11-22;/h6-13,16H,5,14-15,17-18H2,1-4H3,(H,27,33)(H2,28,29,30);1H. The average molecular weight is 575 g/mol. The summed E-state index contributed by atoms with van der Waals surface area (Å²) in [6.45, 7) is 9.02. The molecule has 1 amide bonds. The average Bonchev–Trinajstić information content (AvgIpc) is 3.09. The van der Waals surface area contributed by atoms with E-state index < -0.39 is 0 Å². The topological polar surface area (TPSA) is 83.3 Å². The molecule has 2 aromatic carbocycles. The Morgan fingerprint density at radius 1 is 1.03 bits per heavy atom. The minimum absolute atomic E-state index is 0. The molecule has 0 radical (unpaired) electrons. The molecule has 34 heavy (non-hydrogen) atoms. The van der Waals surface area contributed by atoms with Crippen LogP contribution in [0, 0.1) is 13.8 Å². The monoisotopic (exact) mass is 574 g/mol. The quantitative estimate of drug-likeness (QED) is 0.206. The number of aromatic nitrogens is 2. The van der Waals surface area contributed by atoms with Crippen molar-refractivity contribution in [2.45, 2.75) is 40.3 Å². The number of aliphatic imine (C=N–C) groups is 1. The Morgan fingerprint density at radius 2 is 1.76 bits per heavy atom. The molecule has 0 saturated heterocycles. The van der Waals surface area contributed by atoms with Gasteiger partial charge in [0, 0.05) is 37.0 Å². The molecule has 8 heteroatoms. The molecule has 1 heterocycles. The lowest BCUT2D eigenvalue weighted by Gasteiger charge is -2.12. The lowest BCUT2D eigenvalue weighted by atomic mass is 10.1. The summed E-state index contributed by atoms with van der Waals surface area (Å²) >= 11 is 0. The van der Waals surface area contributed by atoms with Gasteiger partial charge in [0.25, 0.3) is 5.91 Å². The fourth-order valence-electron chi connectivity index (χ4n) is 3.71. The summed E-state index contributed by atoms with van der Waals surface area (Å²) in [5.41, 5.74) is 6.31. The van der Waals surface area contributed by atoms with Crippen LogP contribution in [0.2, 0.25) is 0 Å². The molecule has 3 aromatic rings. The third-order valence-corrected chi connectivity index (χ3v) is 5.57. The fourth-order valence-corrected chi connectivity index (χ4v) is 3.71. The summed E-state index contributed by atoms with van der Waals surface area (Å²) in [5.74, 6) is 0.702. The molecule has 7 nitrogen and oxygen atoms in total. The number of carbonyl (C=O) groups excluding carboxylic acids is 1. The van der Waals surface area contributed by atoms with Crippen molar-refractivity contribution in [2.75, 3.05) is 20.1 Å². The van der Waals surface area contributed by atoms with Crippen molar-refractivity contribution in [3.63, 3.8) is 0 Å². The molecule has 0 aliphatic rings. The number of nitrogens with one attached hydrogen (secondary N) is 3. The van der Waals surface area contributed by atoms with Crippen LogP contribution in [0.4, 0.5) is 0 Å². The van der Waals surface area contributed by atoms with Crippen LogP contribution in [-0.4, -0.2) is 41.8 Å². The third kappa shape index (κ3) is 7.58. The maximum atomic E-state index is 11.8. The number of hydrogen-bond donors (Lipinski definition) is 3. The minimum atomic E-state index is -0.0711. The first-order valence-electron chi connectivity index (χ1n) is 11.4. The van der Waals surface area contributed by atoms with E-state index in [0.717, 1.165) is 48.0 Å². The predicted octanol–water partition coefficient (Wildman–Crippen LogP) is 3.82. The Morgan fingerprint density at radius 3 is 2.47 bits per heavy atom. The molecular formula is C26H35IN6O. The second-order valence-electron chi connectivity index (χ2n) is 7.94. The van der Waals surface area contributed by atoms with E-state index in [1.807, 2.05) is 37.3 Å². The first-order valence-corrected chi connectivity index (χ1v) is 11.4. The normalized spacial score (nSPS) is 11.0. The van der Waals surface area contributed by atoms with Gasteiger partial charge in [-0.3, -0.25) is 9.48 Å². The number of rotatable bonds is 9. The lowest BCUT2D eigenvalue weighted by molar-refractivity contribution is 0.0963. The highest BCUT2D eigenvalue weighted by molar-refractivity contribution is 14.0. The maximum absolute atomic E-state index is 11.8. The zero-order valence-corrected chi connectivity index (χ0v) is 22.7. The van der Waals surface area contributed by atoms with Crippen LogP contribution in [0.3, 0.4) is 0 Å². The number of guanidine groups is 1. The molecular weight excluding hydrogens is 539 g/mol. The van der Waals surface area contributed by atoms with Crippen molar-refractivity contribution in [3.05, 3.63) is 88.2 Å². The molecule has 0 spiro atoms. The first-order chi connectivity index (χ1) is 16.0. The summed E-state index contributed by atoms with van der Waals surface area (Å²) < 4.78 is 2.05. The van der Waals surface area contributed by atoms with Gasteiger partial charge in [-0.15, -0.1) is 24.0 Å². The van der Waals surface area contributed by atoms with Crippen molar-refractivity contribution in [1.82, 2.24) is 25.7 Å². The van der Waals surface area contributed by atoms with Gasteiger partial charge >= 0.3 is 0 Å². The van der Waals surface area contributed by atoms with Gasteiger partial charge in [-0.25, -0.2) is 4.99 Å². The summed E-state index contributed by atoms with van der Waals surface area (Å²) in [6, 6.07) is 18.1. The van der Waals surface area contributed by atoms with Gasteiger partial charge in [0.2, 0.25) is 0 Å². The molecule has 1 aromatic heterocycles. The van der Waals surface area contributed by atoms with Gasteiger partial charge < -0.3 is 16.0 Å². The Bertz CT molecular complexity index is 1090. The van der Waals surface area contributed by atoms with Crippen LogP contribution >= 0.6 is 24.0 Å². The van der Waals surface area contributed by atoms with E-state index in [9.17, 15) is 4.79 Å². The number of amides is 1. The smallest absolute Gasteiger partial charge is 0.251 e. The van der Waals surface area contributed by atoms with E-state index >= 15 is 0 Å². The van der Waals surface area contributed by atoms with Crippen LogP contribution in [0.25, 0.3) is 0 Å². The number of aryl methyl sites for hydroxylation is 1. The van der Waals surface area contributed by atoms with Gasteiger partial charge in [0.1, 0.15) is 0 Å². The van der Waals surface area contributed by atoms with Crippen molar-refractivity contribution >= 4 is 35.8 Å². The predicted molar refractivity (Wildman–Crippen MR) is 149 cm³/mol. The van der Waals surface area contributed by atoms with E-state index in [4.69, 9.17) is 10.1 Å². The van der Waals surface area contributed by atoms with Crippen molar-refractivity contribution in [2.24, 2.45) is 4.99 Å². The molecule has 3 N–H and O–H groups in total.